The van der Waals surface area contributed by atoms with Crippen LogP contribution < -0.4 is 20.8 Å². The first-order chi connectivity index (χ1) is 17.8. The van der Waals surface area contributed by atoms with E-state index in [2.05, 4.69) is 23.0 Å². The van der Waals surface area contributed by atoms with E-state index >= 15 is 0 Å². The van der Waals surface area contributed by atoms with E-state index in [-0.39, 0.29) is 5.69 Å². The summed E-state index contributed by atoms with van der Waals surface area (Å²) in [5.74, 6) is -1.62. The van der Waals surface area contributed by atoms with E-state index in [0.717, 1.165) is 18.4 Å². The molecule has 1 heterocycles. The van der Waals surface area contributed by atoms with Crippen LogP contribution in [0.4, 0.5) is 11.4 Å². The maximum atomic E-state index is 13.1. The summed E-state index contributed by atoms with van der Waals surface area (Å²) in [6.45, 7) is 4.61. The SMILES string of the molecule is CCCCOc1ccc(NC(=O)C(=O)Nn2c(C(=O)Nc3cccc(C)c3)cc3cc(Cl)ccc32)cc1. The second-order valence-corrected chi connectivity index (χ2v) is 8.95. The van der Waals surface area contributed by atoms with Gasteiger partial charge in [-0.05, 0) is 79.6 Å². The van der Waals surface area contributed by atoms with Crippen LogP contribution in [0.1, 0.15) is 35.8 Å². The van der Waals surface area contributed by atoms with Crippen molar-refractivity contribution in [2.45, 2.75) is 26.7 Å². The molecule has 3 amide bonds. The zero-order valence-electron chi connectivity index (χ0n) is 20.5. The molecule has 8 nitrogen and oxygen atoms in total. The summed E-state index contributed by atoms with van der Waals surface area (Å²) in [7, 11) is 0. The molecule has 1 aromatic heterocycles. The quantitative estimate of drug-likeness (QED) is 0.204. The van der Waals surface area contributed by atoms with Crippen LogP contribution in [0.15, 0.2) is 72.8 Å². The predicted molar refractivity (Wildman–Crippen MR) is 146 cm³/mol. The van der Waals surface area contributed by atoms with Crippen molar-refractivity contribution in [1.29, 1.82) is 0 Å². The van der Waals surface area contributed by atoms with Gasteiger partial charge in [0.05, 0.1) is 12.1 Å². The molecule has 0 saturated carbocycles. The van der Waals surface area contributed by atoms with E-state index in [0.29, 0.717) is 39.7 Å². The Balaban J connectivity index is 1.52. The molecule has 9 heteroatoms. The number of carbonyl (C=O) groups is 3. The summed E-state index contributed by atoms with van der Waals surface area (Å²) >= 11 is 6.13. The molecule has 0 saturated heterocycles. The minimum atomic E-state index is -0.944. The Hall–Kier alpha value is -4.30. The Morgan fingerprint density at radius 1 is 0.892 bits per heavy atom. The third-order valence-electron chi connectivity index (χ3n) is 5.57. The molecule has 3 N–H and O–H groups in total. The van der Waals surface area contributed by atoms with Gasteiger partial charge in [-0.25, -0.2) is 4.68 Å². The van der Waals surface area contributed by atoms with Crippen LogP contribution >= 0.6 is 11.6 Å². The van der Waals surface area contributed by atoms with Crippen LogP contribution in [0.2, 0.25) is 5.02 Å². The highest BCUT2D eigenvalue weighted by molar-refractivity contribution is 6.42. The number of halogens is 1. The van der Waals surface area contributed by atoms with E-state index in [1.54, 1.807) is 54.6 Å². The molecule has 0 radical (unpaired) electrons. The molecule has 0 unspecified atom stereocenters. The van der Waals surface area contributed by atoms with Gasteiger partial charge in [0.25, 0.3) is 5.91 Å². The maximum Gasteiger partial charge on any atom is 0.328 e. The van der Waals surface area contributed by atoms with Gasteiger partial charge in [-0.3, -0.25) is 19.8 Å². The van der Waals surface area contributed by atoms with Crippen molar-refractivity contribution in [3.63, 3.8) is 0 Å². The summed E-state index contributed by atoms with van der Waals surface area (Å²) in [5, 5.41) is 6.48. The molecule has 0 aliphatic rings. The molecule has 0 aliphatic heterocycles. The number of rotatable bonds is 8. The monoisotopic (exact) mass is 518 g/mol. The lowest BCUT2D eigenvalue weighted by Crippen LogP contribution is -2.36. The Bertz CT molecular complexity index is 1450. The van der Waals surface area contributed by atoms with Gasteiger partial charge in [-0.1, -0.05) is 37.1 Å². The molecule has 0 aliphatic carbocycles. The fraction of sp³-hybridized carbons (Fsp3) is 0.179. The van der Waals surface area contributed by atoms with Crippen molar-refractivity contribution >= 4 is 51.6 Å². The van der Waals surface area contributed by atoms with Gasteiger partial charge < -0.3 is 15.4 Å². The fourth-order valence-electron chi connectivity index (χ4n) is 3.70. The number of hydrogen-bond donors (Lipinski definition) is 3. The molecule has 0 atom stereocenters. The van der Waals surface area contributed by atoms with Gasteiger partial charge in [0.15, 0.2) is 0 Å². The number of benzene rings is 3. The lowest BCUT2D eigenvalue weighted by atomic mass is 10.2. The number of aromatic nitrogens is 1. The lowest BCUT2D eigenvalue weighted by molar-refractivity contribution is -0.133. The number of unbranched alkanes of at least 4 members (excludes halogenated alkanes) is 1. The molecule has 3 aromatic carbocycles. The lowest BCUT2D eigenvalue weighted by Gasteiger charge is -2.13. The smallest absolute Gasteiger partial charge is 0.328 e. The van der Waals surface area contributed by atoms with Crippen molar-refractivity contribution in [2.75, 3.05) is 22.7 Å². The number of anilines is 2. The molecule has 37 heavy (non-hydrogen) atoms. The number of aryl methyl sites for hydroxylation is 1. The Kier molecular flexibility index (Phi) is 8.10. The molecular weight excluding hydrogens is 492 g/mol. The van der Waals surface area contributed by atoms with Crippen molar-refractivity contribution in [3.8, 4) is 5.75 Å². The van der Waals surface area contributed by atoms with Crippen LogP contribution in [-0.2, 0) is 9.59 Å². The number of carbonyl (C=O) groups excluding carboxylic acids is 3. The topological polar surface area (TPSA) is 101 Å². The highest BCUT2D eigenvalue weighted by Crippen LogP contribution is 2.24. The highest BCUT2D eigenvalue weighted by atomic mass is 35.5. The first kappa shape index (κ1) is 25.8. The number of amides is 3. The largest absolute Gasteiger partial charge is 0.494 e. The second kappa shape index (κ2) is 11.6. The summed E-state index contributed by atoms with van der Waals surface area (Å²) in [6.07, 6.45) is 1.98. The maximum absolute atomic E-state index is 13.1. The van der Waals surface area contributed by atoms with Gasteiger partial charge in [0, 0.05) is 21.8 Å². The standard InChI is InChI=1S/C28H27ClN4O4/c1-3-4-14-37-23-11-9-21(10-12-23)30-27(35)28(36)32-33-24-13-8-20(29)16-19(24)17-25(33)26(34)31-22-7-5-6-18(2)15-22/h5-13,15-17H,3-4,14H2,1-2H3,(H,30,35)(H,31,34)(H,32,36). The van der Waals surface area contributed by atoms with Gasteiger partial charge in [0.2, 0.25) is 0 Å². The average Bonchev–Trinajstić information content (AvgIpc) is 3.22. The van der Waals surface area contributed by atoms with Crippen LogP contribution in [0, 0.1) is 6.92 Å². The number of hydrogen-bond acceptors (Lipinski definition) is 4. The minimum Gasteiger partial charge on any atom is -0.494 e. The predicted octanol–water partition coefficient (Wildman–Crippen LogP) is 5.74. The third kappa shape index (κ3) is 6.48. The second-order valence-electron chi connectivity index (χ2n) is 8.51. The molecule has 4 aromatic rings. The minimum absolute atomic E-state index is 0.133. The first-order valence-electron chi connectivity index (χ1n) is 11.9. The van der Waals surface area contributed by atoms with Crippen LogP contribution in [-0.4, -0.2) is 29.0 Å². The van der Waals surface area contributed by atoms with Crippen molar-refractivity contribution in [2.24, 2.45) is 0 Å². The number of fused-ring (bicyclic) bond motifs is 1. The van der Waals surface area contributed by atoms with Crippen molar-refractivity contribution in [1.82, 2.24) is 4.68 Å². The van der Waals surface area contributed by atoms with Crippen molar-refractivity contribution < 1.29 is 19.1 Å². The van der Waals surface area contributed by atoms with Crippen LogP contribution in [0.3, 0.4) is 0 Å². The number of nitrogens with one attached hydrogen (secondary N) is 3. The molecule has 0 fully saturated rings. The summed E-state index contributed by atoms with van der Waals surface area (Å²) < 4.78 is 6.90. The molecule has 190 valence electrons. The zero-order chi connectivity index (χ0) is 26.4. The van der Waals surface area contributed by atoms with Crippen molar-refractivity contribution in [3.05, 3.63) is 89.1 Å². The van der Waals surface area contributed by atoms with E-state index in [9.17, 15) is 14.4 Å². The van der Waals surface area contributed by atoms with Crippen LogP contribution in [0.25, 0.3) is 10.9 Å². The summed E-state index contributed by atoms with van der Waals surface area (Å²) in [5.41, 5.74) is 5.19. The summed E-state index contributed by atoms with van der Waals surface area (Å²) in [4.78, 5) is 38.6. The van der Waals surface area contributed by atoms with Gasteiger partial charge in [-0.2, -0.15) is 0 Å². The van der Waals surface area contributed by atoms with Gasteiger partial charge >= 0.3 is 11.8 Å². The van der Waals surface area contributed by atoms with Gasteiger partial charge in [0.1, 0.15) is 11.4 Å². The molecule has 0 spiro atoms. The Morgan fingerprint density at radius 3 is 2.41 bits per heavy atom. The highest BCUT2D eigenvalue weighted by Gasteiger charge is 2.21. The number of nitrogens with zero attached hydrogens (tertiary/aromatic N) is 1. The van der Waals surface area contributed by atoms with E-state index in [4.69, 9.17) is 16.3 Å². The first-order valence-corrected chi connectivity index (χ1v) is 12.3. The molecular formula is C28H27ClN4O4. The molecule has 0 bridgehead atoms. The Labute approximate surface area is 219 Å². The number of ether oxygens (including phenoxy) is 1. The van der Waals surface area contributed by atoms with Gasteiger partial charge in [-0.15, -0.1) is 0 Å². The van der Waals surface area contributed by atoms with E-state index in [1.807, 2.05) is 25.1 Å². The van der Waals surface area contributed by atoms with Crippen LogP contribution in [0.5, 0.6) is 5.75 Å². The van der Waals surface area contributed by atoms with E-state index < -0.39 is 17.7 Å². The normalized spacial score (nSPS) is 10.7. The average molecular weight is 519 g/mol. The van der Waals surface area contributed by atoms with E-state index in [1.165, 1.54) is 4.68 Å². The Morgan fingerprint density at radius 2 is 1.68 bits per heavy atom. The zero-order valence-corrected chi connectivity index (χ0v) is 21.3. The third-order valence-corrected chi connectivity index (χ3v) is 5.81. The fourth-order valence-corrected chi connectivity index (χ4v) is 3.88. The molecule has 4 rings (SSSR count). The summed E-state index contributed by atoms with van der Waals surface area (Å²) in [6, 6.07) is 20.7.